The second-order valence-electron chi connectivity index (χ2n) is 2.80. The summed E-state index contributed by atoms with van der Waals surface area (Å²) in [5, 5.41) is 5.99. The number of hydrogen-bond donors (Lipinski definition) is 0. The SMILES string of the molecule is Cn1ccc(C(=O)c2sccc2I)n1. The molecule has 2 heterocycles. The van der Waals surface area contributed by atoms with Crippen molar-refractivity contribution in [2.45, 2.75) is 0 Å². The summed E-state index contributed by atoms with van der Waals surface area (Å²) in [4.78, 5) is 12.6. The summed E-state index contributed by atoms with van der Waals surface area (Å²) >= 11 is 3.61. The van der Waals surface area contributed by atoms with Gasteiger partial charge >= 0.3 is 0 Å². The van der Waals surface area contributed by atoms with Gasteiger partial charge in [0.25, 0.3) is 0 Å². The maximum Gasteiger partial charge on any atom is 0.224 e. The first-order valence-corrected chi connectivity index (χ1v) is 5.91. The Kier molecular flexibility index (Phi) is 2.69. The van der Waals surface area contributed by atoms with Crippen LogP contribution in [0.25, 0.3) is 0 Å². The number of aryl methyl sites for hydroxylation is 1. The van der Waals surface area contributed by atoms with E-state index in [1.165, 1.54) is 11.3 Å². The molecule has 3 nitrogen and oxygen atoms in total. The van der Waals surface area contributed by atoms with Crippen molar-refractivity contribution < 1.29 is 4.79 Å². The zero-order chi connectivity index (χ0) is 10.1. The fourth-order valence-corrected chi connectivity index (χ4v) is 2.89. The molecule has 0 spiro atoms. The first kappa shape index (κ1) is 9.85. The Bertz CT molecular complexity index is 475. The van der Waals surface area contributed by atoms with Crippen molar-refractivity contribution in [1.82, 2.24) is 9.78 Å². The highest BCUT2D eigenvalue weighted by atomic mass is 127. The molecular formula is C9H7IN2OS. The van der Waals surface area contributed by atoms with Crippen LogP contribution >= 0.6 is 33.9 Å². The van der Waals surface area contributed by atoms with E-state index in [1.54, 1.807) is 24.0 Å². The van der Waals surface area contributed by atoms with E-state index in [2.05, 4.69) is 27.7 Å². The van der Waals surface area contributed by atoms with Gasteiger partial charge in [0.15, 0.2) is 0 Å². The van der Waals surface area contributed by atoms with E-state index in [0.717, 1.165) is 8.45 Å². The average molecular weight is 318 g/mol. The Morgan fingerprint density at radius 1 is 1.57 bits per heavy atom. The molecule has 0 amide bonds. The summed E-state index contributed by atoms with van der Waals surface area (Å²) in [5.41, 5.74) is 0.507. The number of carbonyl (C=O) groups is 1. The summed E-state index contributed by atoms with van der Waals surface area (Å²) in [5.74, 6) is 0.00463. The third kappa shape index (κ3) is 1.74. The normalized spacial score (nSPS) is 10.4. The van der Waals surface area contributed by atoms with Gasteiger partial charge in [-0.15, -0.1) is 11.3 Å². The summed E-state index contributed by atoms with van der Waals surface area (Å²) in [7, 11) is 1.80. The number of carbonyl (C=O) groups excluding carboxylic acids is 1. The predicted octanol–water partition coefficient (Wildman–Crippen LogP) is 2.32. The smallest absolute Gasteiger partial charge is 0.224 e. The standard InChI is InChI=1S/C9H7IN2OS/c1-12-4-2-7(11-12)8(13)9-6(10)3-5-14-9/h2-5H,1H3. The van der Waals surface area contributed by atoms with E-state index in [-0.39, 0.29) is 5.78 Å². The summed E-state index contributed by atoms with van der Waals surface area (Å²) < 4.78 is 2.62. The number of thiophene rings is 1. The molecular weight excluding hydrogens is 311 g/mol. The molecule has 0 radical (unpaired) electrons. The first-order chi connectivity index (χ1) is 6.68. The van der Waals surface area contributed by atoms with E-state index in [9.17, 15) is 4.79 Å². The van der Waals surface area contributed by atoms with Gasteiger partial charge in [-0.25, -0.2) is 0 Å². The number of aromatic nitrogens is 2. The monoisotopic (exact) mass is 318 g/mol. The lowest BCUT2D eigenvalue weighted by molar-refractivity contribution is 0.103. The Balaban J connectivity index is 2.38. The lowest BCUT2D eigenvalue weighted by Crippen LogP contribution is -2.02. The molecule has 0 saturated carbocycles. The van der Waals surface area contributed by atoms with Crippen LogP contribution in [0, 0.1) is 3.57 Å². The van der Waals surface area contributed by atoms with Crippen molar-refractivity contribution in [2.24, 2.45) is 7.05 Å². The molecule has 0 N–H and O–H groups in total. The molecule has 72 valence electrons. The highest BCUT2D eigenvalue weighted by molar-refractivity contribution is 14.1. The van der Waals surface area contributed by atoms with E-state index in [4.69, 9.17) is 0 Å². The molecule has 2 aromatic rings. The fraction of sp³-hybridized carbons (Fsp3) is 0.111. The highest BCUT2D eigenvalue weighted by Crippen LogP contribution is 2.21. The molecule has 0 unspecified atom stereocenters. The first-order valence-electron chi connectivity index (χ1n) is 3.96. The van der Waals surface area contributed by atoms with Crippen molar-refractivity contribution in [3.8, 4) is 0 Å². The van der Waals surface area contributed by atoms with Crippen molar-refractivity contribution in [3.05, 3.63) is 37.9 Å². The minimum absolute atomic E-state index is 0.00463. The van der Waals surface area contributed by atoms with Gasteiger partial charge in [-0.3, -0.25) is 9.48 Å². The van der Waals surface area contributed by atoms with Gasteiger partial charge in [0.1, 0.15) is 5.69 Å². The van der Waals surface area contributed by atoms with Crippen molar-refractivity contribution in [1.29, 1.82) is 0 Å². The molecule has 0 bridgehead atoms. The van der Waals surface area contributed by atoms with E-state index in [0.29, 0.717) is 5.69 Å². The van der Waals surface area contributed by atoms with E-state index >= 15 is 0 Å². The van der Waals surface area contributed by atoms with Crippen LogP contribution in [0.1, 0.15) is 15.4 Å². The van der Waals surface area contributed by atoms with Crippen molar-refractivity contribution in [3.63, 3.8) is 0 Å². The van der Waals surface area contributed by atoms with E-state index < -0.39 is 0 Å². The average Bonchev–Trinajstić information content (AvgIpc) is 2.73. The Labute approximate surface area is 98.9 Å². The number of ketones is 1. The minimum Gasteiger partial charge on any atom is -0.286 e. The lowest BCUT2D eigenvalue weighted by Gasteiger charge is -1.93. The maximum absolute atomic E-state index is 11.9. The summed E-state index contributed by atoms with van der Waals surface area (Å²) in [6.45, 7) is 0. The number of halogens is 1. The van der Waals surface area contributed by atoms with Gasteiger partial charge in [-0.2, -0.15) is 5.10 Å². The second kappa shape index (κ2) is 3.82. The van der Waals surface area contributed by atoms with Gasteiger partial charge in [0.2, 0.25) is 5.78 Å². The van der Waals surface area contributed by atoms with Crippen LogP contribution in [-0.4, -0.2) is 15.6 Å². The molecule has 2 rings (SSSR count). The molecule has 5 heteroatoms. The molecule has 14 heavy (non-hydrogen) atoms. The molecule has 2 aromatic heterocycles. The Hall–Kier alpha value is -0.690. The minimum atomic E-state index is 0.00463. The quantitative estimate of drug-likeness (QED) is 0.629. The zero-order valence-corrected chi connectivity index (χ0v) is 10.4. The van der Waals surface area contributed by atoms with Crippen molar-refractivity contribution in [2.75, 3.05) is 0 Å². The topological polar surface area (TPSA) is 34.9 Å². The predicted molar refractivity (Wildman–Crippen MR) is 63.7 cm³/mol. The molecule has 0 atom stereocenters. The third-order valence-corrected chi connectivity index (χ3v) is 3.95. The number of nitrogens with zero attached hydrogens (tertiary/aromatic N) is 2. The molecule has 0 saturated heterocycles. The maximum atomic E-state index is 11.9. The van der Waals surface area contributed by atoms with Crippen LogP contribution in [0.3, 0.4) is 0 Å². The lowest BCUT2D eigenvalue weighted by atomic mass is 10.2. The number of hydrogen-bond acceptors (Lipinski definition) is 3. The van der Waals surface area contributed by atoms with Gasteiger partial charge in [0, 0.05) is 16.8 Å². The van der Waals surface area contributed by atoms with Crippen LogP contribution in [0.15, 0.2) is 23.7 Å². The zero-order valence-electron chi connectivity index (χ0n) is 7.40. The van der Waals surface area contributed by atoms with Crippen LogP contribution < -0.4 is 0 Å². The largest absolute Gasteiger partial charge is 0.286 e. The van der Waals surface area contributed by atoms with Gasteiger partial charge in [-0.05, 0) is 40.1 Å². The van der Waals surface area contributed by atoms with Crippen LogP contribution in [0.2, 0.25) is 0 Å². The molecule has 0 aliphatic carbocycles. The van der Waals surface area contributed by atoms with Crippen LogP contribution in [0.5, 0.6) is 0 Å². The van der Waals surface area contributed by atoms with Gasteiger partial charge in [-0.1, -0.05) is 0 Å². The van der Waals surface area contributed by atoms with Crippen molar-refractivity contribution >= 4 is 39.7 Å². The summed E-state index contributed by atoms with van der Waals surface area (Å²) in [6, 6.07) is 3.67. The number of rotatable bonds is 2. The molecule has 0 aliphatic rings. The van der Waals surface area contributed by atoms with Crippen LogP contribution in [-0.2, 0) is 7.05 Å². The highest BCUT2D eigenvalue weighted by Gasteiger charge is 2.15. The molecule has 0 aliphatic heterocycles. The molecule has 0 fully saturated rings. The van der Waals surface area contributed by atoms with Gasteiger partial charge < -0.3 is 0 Å². The van der Waals surface area contributed by atoms with Crippen LogP contribution in [0.4, 0.5) is 0 Å². The Morgan fingerprint density at radius 2 is 2.36 bits per heavy atom. The van der Waals surface area contributed by atoms with E-state index in [1.807, 2.05) is 11.4 Å². The third-order valence-electron chi connectivity index (χ3n) is 1.77. The molecule has 0 aromatic carbocycles. The second-order valence-corrected chi connectivity index (χ2v) is 4.88. The summed E-state index contributed by atoms with van der Waals surface area (Å²) in [6.07, 6.45) is 1.77. The Morgan fingerprint density at radius 3 is 2.86 bits per heavy atom. The van der Waals surface area contributed by atoms with Gasteiger partial charge in [0.05, 0.1) is 4.88 Å². The fourth-order valence-electron chi connectivity index (χ4n) is 1.11.